The van der Waals surface area contributed by atoms with E-state index in [1.54, 1.807) is 0 Å². The number of aromatic nitrogens is 1. The molecule has 2 aliphatic carbocycles. The zero-order valence-corrected chi connectivity index (χ0v) is 10.1. The molecule has 2 heteroatoms. The number of hydrogen-bond acceptors (Lipinski definition) is 2. The number of pyridine rings is 1. The Labute approximate surface area is 106 Å². The quantitative estimate of drug-likeness (QED) is 0.826. The van der Waals surface area contributed by atoms with Gasteiger partial charge >= 0.3 is 0 Å². The first-order valence-corrected chi connectivity index (χ1v) is 6.56. The molecular formula is C16H15NO. The van der Waals surface area contributed by atoms with E-state index in [4.69, 9.17) is 0 Å². The smallest absolute Gasteiger partial charge is 0.115 e. The summed E-state index contributed by atoms with van der Waals surface area (Å²) in [6.07, 6.45) is 6.18. The Bertz CT molecular complexity index is 593. The number of hydrogen-bond donors (Lipinski definition) is 1. The summed E-state index contributed by atoms with van der Waals surface area (Å²) in [5.74, 6) is 2.41. The number of phenols is 1. The Morgan fingerprint density at radius 1 is 1.06 bits per heavy atom. The fraction of sp³-hybridized carbons (Fsp3) is 0.312. The summed E-state index contributed by atoms with van der Waals surface area (Å²) >= 11 is 0. The van der Waals surface area contributed by atoms with Crippen molar-refractivity contribution in [3.05, 3.63) is 59.4 Å². The van der Waals surface area contributed by atoms with Crippen LogP contribution in [0.2, 0.25) is 0 Å². The van der Waals surface area contributed by atoms with Crippen molar-refractivity contribution in [2.24, 2.45) is 5.92 Å². The maximum absolute atomic E-state index is 9.67. The number of aromatic hydroxyl groups is 1. The van der Waals surface area contributed by atoms with Gasteiger partial charge in [-0.1, -0.05) is 6.07 Å². The zero-order valence-electron chi connectivity index (χ0n) is 10.1. The molecule has 1 heterocycles. The lowest BCUT2D eigenvalue weighted by atomic mass is 9.91. The van der Waals surface area contributed by atoms with Gasteiger partial charge in [0.1, 0.15) is 5.75 Å². The predicted molar refractivity (Wildman–Crippen MR) is 69.6 cm³/mol. The van der Waals surface area contributed by atoms with Gasteiger partial charge in [0.25, 0.3) is 0 Å². The van der Waals surface area contributed by atoms with Crippen LogP contribution in [0.25, 0.3) is 0 Å². The summed E-state index contributed by atoms with van der Waals surface area (Å²) in [7, 11) is 0. The van der Waals surface area contributed by atoms with Gasteiger partial charge in [0, 0.05) is 12.4 Å². The van der Waals surface area contributed by atoms with Gasteiger partial charge in [-0.3, -0.25) is 4.98 Å². The van der Waals surface area contributed by atoms with Crippen LogP contribution in [0.15, 0.2) is 42.7 Å². The minimum atomic E-state index is 0.398. The lowest BCUT2D eigenvalue weighted by Gasteiger charge is -2.14. The molecule has 18 heavy (non-hydrogen) atoms. The molecular weight excluding hydrogens is 222 g/mol. The van der Waals surface area contributed by atoms with Crippen LogP contribution in [-0.4, -0.2) is 10.1 Å². The van der Waals surface area contributed by atoms with Crippen molar-refractivity contribution < 1.29 is 5.11 Å². The largest absolute Gasteiger partial charge is 0.508 e. The van der Waals surface area contributed by atoms with Crippen molar-refractivity contribution in [2.45, 2.75) is 24.7 Å². The lowest BCUT2D eigenvalue weighted by molar-refractivity contribution is 0.473. The van der Waals surface area contributed by atoms with Crippen molar-refractivity contribution in [3.8, 4) is 5.75 Å². The van der Waals surface area contributed by atoms with E-state index in [-0.39, 0.29) is 0 Å². The molecule has 2 aliphatic rings. The van der Waals surface area contributed by atoms with Gasteiger partial charge in [0.05, 0.1) is 0 Å². The average molecular weight is 237 g/mol. The number of benzene rings is 1. The molecule has 2 aromatic rings. The highest BCUT2D eigenvalue weighted by molar-refractivity contribution is 5.47. The summed E-state index contributed by atoms with van der Waals surface area (Å²) < 4.78 is 0. The number of rotatable bonds is 1. The van der Waals surface area contributed by atoms with E-state index >= 15 is 0 Å². The highest BCUT2D eigenvalue weighted by Crippen LogP contribution is 2.65. The second kappa shape index (κ2) is 3.58. The normalized spacial score (nSPS) is 28.3. The molecule has 1 saturated carbocycles. The van der Waals surface area contributed by atoms with Crippen molar-refractivity contribution in [3.63, 3.8) is 0 Å². The van der Waals surface area contributed by atoms with E-state index in [0.29, 0.717) is 17.6 Å². The van der Waals surface area contributed by atoms with Gasteiger partial charge in [-0.05, 0) is 71.6 Å². The van der Waals surface area contributed by atoms with Crippen LogP contribution >= 0.6 is 0 Å². The third-order valence-electron chi connectivity index (χ3n) is 4.50. The standard InChI is InChI=1S/C16H15NO/c18-12-3-1-10-2-4-13-15(16(13)14(10)9-12)11-5-7-17-8-6-11/h1,3,5-9,13,15-16,18H,2,4H2/t13-,15?,16+/m1/s1. The SMILES string of the molecule is Oc1ccc2c(c1)[C@H]1C(c3ccncc3)[C@H]1CC2. The molecule has 0 bridgehead atoms. The molecule has 90 valence electrons. The molecule has 4 rings (SSSR count). The topological polar surface area (TPSA) is 33.1 Å². The molecule has 1 N–H and O–H groups in total. The number of fused-ring (bicyclic) bond motifs is 3. The van der Waals surface area contributed by atoms with Crippen molar-refractivity contribution >= 4 is 0 Å². The maximum Gasteiger partial charge on any atom is 0.115 e. The first-order valence-electron chi connectivity index (χ1n) is 6.56. The van der Waals surface area contributed by atoms with Crippen LogP contribution in [-0.2, 0) is 6.42 Å². The van der Waals surface area contributed by atoms with Gasteiger partial charge in [-0.25, -0.2) is 0 Å². The van der Waals surface area contributed by atoms with Crippen LogP contribution in [0.5, 0.6) is 5.75 Å². The molecule has 0 saturated heterocycles. The molecule has 3 atom stereocenters. The second-order valence-electron chi connectivity index (χ2n) is 5.42. The summed E-state index contributed by atoms with van der Waals surface area (Å²) in [6.45, 7) is 0. The van der Waals surface area contributed by atoms with Crippen LogP contribution in [0.3, 0.4) is 0 Å². The molecule has 1 aromatic heterocycles. The van der Waals surface area contributed by atoms with Crippen molar-refractivity contribution in [1.82, 2.24) is 4.98 Å². The summed E-state index contributed by atoms with van der Waals surface area (Å²) in [4.78, 5) is 4.09. The van der Waals surface area contributed by atoms with E-state index in [1.165, 1.54) is 23.1 Å². The first kappa shape index (κ1) is 10.1. The van der Waals surface area contributed by atoms with Gasteiger partial charge in [0.15, 0.2) is 0 Å². The number of phenolic OH excluding ortho intramolecular Hbond substituents is 1. The highest BCUT2D eigenvalue weighted by Gasteiger charge is 2.53. The monoisotopic (exact) mass is 237 g/mol. The van der Waals surface area contributed by atoms with E-state index in [0.717, 1.165) is 12.3 Å². The maximum atomic E-state index is 9.67. The minimum absolute atomic E-state index is 0.398. The fourth-order valence-electron chi connectivity index (χ4n) is 3.64. The summed E-state index contributed by atoms with van der Waals surface area (Å²) in [5, 5.41) is 9.67. The Hall–Kier alpha value is -1.83. The molecule has 1 fully saturated rings. The molecule has 1 aromatic carbocycles. The summed E-state index contributed by atoms with van der Waals surface area (Å²) in [6, 6.07) is 10.1. The second-order valence-corrected chi connectivity index (χ2v) is 5.42. The average Bonchev–Trinajstić information content (AvgIpc) is 3.14. The molecule has 0 amide bonds. The third-order valence-corrected chi connectivity index (χ3v) is 4.50. The lowest BCUT2D eigenvalue weighted by Crippen LogP contribution is -2.00. The predicted octanol–water partition coefficient (Wildman–Crippen LogP) is 3.23. The number of aryl methyl sites for hydroxylation is 1. The first-order chi connectivity index (χ1) is 8.84. The van der Waals surface area contributed by atoms with E-state index in [9.17, 15) is 5.11 Å². The van der Waals surface area contributed by atoms with Crippen molar-refractivity contribution in [1.29, 1.82) is 0 Å². The van der Waals surface area contributed by atoms with E-state index < -0.39 is 0 Å². The zero-order chi connectivity index (χ0) is 12.1. The van der Waals surface area contributed by atoms with Gasteiger partial charge in [-0.15, -0.1) is 0 Å². The molecule has 0 spiro atoms. The molecule has 1 unspecified atom stereocenters. The van der Waals surface area contributed by atoms with Crippen molar-refractivity contribution in [2.75, 3.05) is 0 Å². The van der Waals surface area contributed by atoms with E-state index in [1.807, 2.05) is 24.5 Å². The Kier molecular flexibility index (Phi) is 2.01. The van der Waals surface area contributed by atoms with Crippen LogP contribution < -0.4 is 0 Å². The Morgan fingerprint density at radius 2 is 1.89 bits per heavy atom. The summed E-state index contributed by atoms with van der Waals surface area (Å²) in [5.41, 5.74) is 4.19. The highest BCUT2D eigenvalue weighted by atomic mass is 16.3. The molecule has 0 aliphatic heterocycles. The Morgan fingerprint density at radius 3 is 2.72 bits per heavy atom. The van der Waals surface area contributed by atoms with Gasteiger partial charge < -0.3 is 5.11 Å². The van der Waals surface area contributed by atoms with Gasteiger partial charge in [0.2, 0.25) is 0 Å². The minimum Gasteiger partial charge on any atom is -0.508 e. The fourth-order valence-corrected chi connectivity index (χ4v) is 3.64. The van der Waals surface area contributed by atoms with E-state index in [2.05, 4.69) is 23.2 Å². The third kappa shape index (κ3) is 1.38. The van der Waals surface area contributed by atoms with Crippen LogP contribution in [0, 0.1) is 5.92 Å². The number of nitrogens with zero attached hydrogens (tertiary/aromatic N) is 1. The Balaban J connectivity index is 1.74. The van der Waals surface area contributed by atoms with Crippen LogP contribution in [0.4, 0.5) is 0 Å². The molecule has 0 radical (unpaired) electrons. The van der Waals surface area contributed by atoms with Gasteiger partial charge in [-0.2, -0.15) is 0 Å². The molecule has 2 nitrogen and oxygen atoms in total. The van der Waals surface area contributed by atoms with Crippen LogP contribution in [0.1, 0.15) is 34.9 Å².